The molecule has 8 heavy (non-hydrogen) atoms. The van der Waals surface area contributed by atoms with E-state index in [9.17, 15) is 0 Å². The number of rotatable bonds is 0. The molecule has 44 valence electrons. The number of hydrogen-bond acceptors (Lipinski definition) is 2. The van der Waals surface area contributed by atoms with Gasteiger partial charge in [-0.1, -0.05) is 0 Å². The Kier molecular flexibility index (Phi) is 1.34. The Labute approximate surface area is 54.1 Å². The molecule has 0 aliphatic rings. The quantitative estimate of drug-likeness (QED) is 0.528. The molecular formula is C6H8OS. The highest BCUT2D eigenvalue weighted by Gasteiger charge is 1.96. The first-order valence-electron chi connectivity index (χ1n) is 2.46. The van der Waals surface area contributed by atoms with Gasteiger partial charge in [0.1, 0.15) is 5.76 Å². The van der Waals surface area contributed by atoms with Crippen LogP contribution in [0.1, 0.15) is 11.3 Å². The molecule has 2 heteroatoms. The van der Waals surface area contributed by atoms with Crippen LogP contribution in [0.5, 0.6) is 0 Å². The highest BCUT2D eigenvalue weighted by molar-refractivity contribution is 7.80. The van der Waals surface area contributed by atoms with Crippen molar-refractivity contribution in [1.82, 2.24) is 0 Å². The van der Waals surface area contributed by atoms with Gasteiger partial charge >= 0.3 is 0 Å². The van der Waals surface area contributed by atoms with Crippen molar-refractivity contribution >= 4 is 12.6 Å². The fourth-order valence-electron chi connectivity index (χ4n) is 0.554. The maximum absolute atomic E-state index is 5.08. The minimum Gasteiger partial charge on any atom is -0.455 e. The van der Waals surface area contributed by atoms with Crippen LogP contribution < -0.4 is 0 Å². The van der Waals surface area contributed by atoms with E-state index in [1.54, 1.807) is 0 Å². The molecule has 0 saturated carbocycles. The Bertz CT molecular complexity index is 171. The Morgan fingerprint density at radius 1 is 1.50 bits per heavy atom. The van der Waals surface area contributed by atoms with E-state index in [4.69, 9.17) is 4.42 Å². The van der Waals surface area contributed by atoms with E-state index in [1.807, 2.05) is 19.9 Å². The van der Waals surface area contributed by atoms with Gasteiger partial charge in [-0.05, 0) is 25.5 Å². The van der Waals surface area contributed by atoms with E-state index < -0.39 is 0 Å². The average molecular weight is 128 g/mol. The maximum atomic E-state index is 5.08. The van der Waals surface area contributed by atoms with Crippen molar-refractivity contribution in [3.63, 3.8) is 0 Å². The van der Waals surface area contributed by atoms with Crippen LogP contribution in [0.15, 0.2) is 15.6 Å². The minimum atomic E-state index is 0.694. The monoisotopic (exact) mass is 128 g/mol. The molecule has 1 aromatic heterocycles. The molecule has 0 N–H and O–H groups in total. The molecule has 0 atom stereocenters. The third-order valence-electron chi connectivity index (χ3n) is 1.15. The Morgan fingerprint density at radius 3 is 2.25 bits per heavy atom. The summed E-state index contributed by atoms with van der Waals surface area (Å²) in [7, 11) is 0. The summed E-state index contributed by atoms with van der Waals surface area (Å²) >= 11 is 4.01. The van der Waals surface area contributed by atoms with Crippen molar-refractivity contribution in [2.24, 2.45) is 0 Å². The van der Waals surface area contributed by atoms with Crippen molar-refractivity contribution in [1.29, 1.82) is 0 Å². The maximum Gasteiger partial charge on any atom is 0.157 e. The molecule has 0 bridgehead atoms. The van der Waals surface area contributed by atoms with Gasteiger partial charge in [0.25, 0.3) is 0 Å². The molecule has 1 heterocycles. The van der Waals surface area contributed by atoms with E-state index in [2.05, 4.69) is 12.6 Å². The first kappa shape index (κ1) is 5.76. The molecule has 0 aromatic carbocycles. The van der Waals surface area contributed by atoms with E-state index in [0.29, 0.717) is 5.09 Å². The van der Waals surface area contributed by atoms with E-state index in [-0.39, 0.29) is 0 Å². The van der Waals surface area contributed by atoms with Crippen LogP contribution in [-0.2, 0) is 0 Å². The largest absolute Gasteiger partial charge is 0.455 e. The molecule has 1 rings (SSSR count). The van der Waals surface area contributed by atoms with Crippen LogP contribution in [0, 0.1) is 13.8 Å². The summed E-state index contributed by atoms with van der Waals surface area (Å²) < 4.78 is 5.08. The van der Waals surface area contributed by atoms with Gasteiger partial charge in [0.05, 0.1) is 0 Å². The van der Waals surface area contributed by atoms with E-state index >= 15 is 0 Å². The zero-order valence-corrected chi connectivity index (χ0v) is 5.83. The van der Waals surface area contributed by atoms with Gasteiger partial charge in [0.15, 0.2) is 5.09 Å². The lowest BCUT2D eigenvalue weighted by atomic mass is 10.3. The first-order chi connectivity index (χ1) is 3.70. The molecule has 1 nitrogen and oxygen atoms in total. The van der Waals surface area contributed by atoms with Gasteiger partial charge in [0.2, 0.25) is 0 Å². The minimum absolute atomic E-state index is 0.694. The van der Waals surface area contributed by atoms with Crippen LogP contribution in [0.25, 0.3) is 0 Å². The Morgan fingerprint density at radius 2 is 2.12 bits per heavy atom. The van der Waals surface area contributed by atoms with Crippen molar-refractivity contribution in [2.75, 3.05) is 0 Å². The second-order valence-corrected chi connectivity index (χ2v) is 2.26. The smallest absolute Gasteiger partial charge is 0.157 e. The van der Waals surface area contributed by atoms with Crippen molar-refractivity contribution in [2.45, 2.75) is 18.9 Å². The summed E-state index contributed by atoms with van der Waals surface area (Å²) in [5.41, 5.74) is 1.16. The molecule has 0 aliphatic carbocycles. The normalized spacial score (nSPS) is 9.88. The molecule has 0 aliphatic heterocycles. The lowest BCUT2D eigenvalue weighted by molar-refractivity contribution is 0.449. The molecular weight excluding hydrogens is 120 g/mol. The zero-order chi connectivity index (χ0) is 6.15. The second-order valence-electron chi connectivity index (χ2n) is 1.82. The molecule has 0 unspecified atom stereocenters. The molecule has 0 saturated heterocycles. The van der Waals surface area contributed by atoms with Crippen molar-refractivity contribution in [3.8, 4) is 0 Å². The lowest BCUT2D eigenvalue weighted by Crippen LogP contribution is -1.63. The second kappa shape index (κ2) is 1.86. The summed E-state index contributed by atoms with van der Waals surface area (Å²) in [6.45, 7) is 3.92. The van der Waals surface area contributed by atoms with Gasteiger partial charge in [-0.25, -0.2) is 0 Å². The third-order valence-corrected chi connectivity index (χ3v) is 1.37. The van der Waals surface area contributed by atoms with E-state index in [0.717, 1.165) is 11.3 Å². The summed E-state index contributed by atoms with van der Waals surface area (Å²) in [4.78, 5) is 0. The van der Waals surface area contributed by atoms with Crippen LogP contribution in [0.4, 0.5) is 0 Å². The summed E-state index contributed by atoms with van der Waals surface area (Å²) in [6.07, 6.45) is 0. The standard InChI is InChI=1S/C6H8OS/c1-4-3-6(8)7-5(4)2/h3,8H,1-2H3. The van der Waals surface area contributed by atoms with Gasteiger partial charge < -0.3 is 4.42 Å². The first-order valence-corrected chi connectivity index (χ1v) is 2.91. The summed E-state index contributed by atoms with van der Waals surface area (Å²) in [6, 6.07) is 1.90. The molecule has 0 fully saturated rings. The van der Waals surface area contributed by atoms with Crippen LogP contribution in [0.2, 0.25) is 0 Å². The fraction of sp³-hybridized carbons (Fsp3) is 0.333. The molecule has 0 amide bonds. The molecule has 1 aromatic rings. The summed E-state index contributed by atoms with van der Waals surface area (Å²) in [5, 5.41) is 0.694. The van der Waals surface area contributed by atoms with Crippen LogP contribution >= 0.6 is 12.6 Å². The molecule has 0 spiro atoms. The predicted octanol–water partition coefficient (Wildman–Crippen LogP) is 2.19. The van der Waals surface area contributed by atoms with Gasteiger partial charge in [-0.3, -0.25) is 0 Å². The molecule has 0 radical (unpaired) electrons. The average Bonchev–Trinajstić information content (AvgIpc) is 1.85. The van der Waals surface area contributed by atoms with Crippen LogP contribution in [-0.4, -0.2) is 0 Å². The number of furan rings is 1. The SMILES string of the molecule is Cc1cc(S)oc1C. The van der Waals surface area contributed by atoms with Gasteiger partial charge in [-0.2, -0.15) is 0 Å². The summed E-state index contributed by atoms with van der Waals surface area (Å²) in [5.74, 6) is 0.954. The topological polar surface area (TPSA) is 13.1 Å². The van der Waals surface area contributed by atoms with Crippen molar-refractivity contribution in [3.05, 3.63) is 17.4 Å². The van der Waals surface area contributed by atoms with E-state index in [1.165, 1.54) is 0 Å². The van der Waals surface area contributed by atoms with Crippen LogP contribution in [0.3, 0.4) is 0 Å². The Balaban J connectivity index is 3.14. The van der Waals surface area contributed by atoms with Crippen molar-refractivity contribution < 1.29 is 4.42 Å². The fourth-order valence-corrected chi connectivity index (χ4v) is 0.884. The Hall–Kier alpha value is -0.370. The number of aryl methyl sites for hydroxylation is 2. The third kappa shape index (κ3) is 0.892. The van der Waals surface area contributed by atoms with Gasteiger partial charge in [0, 0.05) is 0 Å². The van der Waals surface area contributed by atoms with Gasteiger partial charge in [-0.15, -0.1) is 12.6 Å². The zero-order valence-electron chi connectivity index (χ0n) is 4.93. The lowest BCUT2D eigenvalue weighted by Gasteiger charge is -1.80. The predicted molar refractivity (Wildman–Crippen MR) is 35.4 cm³/mol. The highest BCUT2D eigenvalue weighted by atomic mass is 32.1. The highest BCUT2D eigenvalue weighted by Crippen LogP contribution is 2.15. The number of hydrogen-bond donors (Lipinski definition) is 1. The number of thiol groups is 1.